The maximum atomic E-state index is 5.72. The largest absolute Gasteiger partial charge is 0.324 e. The highest BCUT2D eigenvalue weighted by Gasteiger charge is 1.97. The van der Waals surface area contributed by atoms with Gasteiger partial charge in [0.15, 0.2) is 0 Å². The van der Waals surface area contributed by atoms with Gasteiger partial charge in [-0.1, -0.05) is 49.8 Å². The summed E-state index contributed by atoms with van der Waals surface area (Å²) in [7, 11) is 0. The van der Waals surface area contributed by atoms with Gasteiger partial charge in [0, 0.05) is 6.04 Å². The number of nitrogens with two attached hydrogens (primary N) is 1. The number of hydrogen-bond acceptors (Lipinski definition) is 1. The molecule has 0 spiro atoms. The lowest BCUT2D eigenvalue weighted by atomic mass is 10.1. The van der Waals surface area contributed by atoms with Crippen molar-refractivity contribution in [2.45, 2.75) is 33.2 Å². The van der Waals surface area contributed by atoms with Crippen molar-refractivity contribution in [3.8, 4) is 0 Å². The van der Waals surface area contributed by atoms with E-state index in [4.69, 9.17) is 5.73 Å². The number of benzene rings is 1. The Morgan fingerprint density at radius 1 is 1.29 bits per heavy atom. The summed E-state index contributed by atoms with van der Waals surface area (Å²) in [6.07, 6.45) is 2.66. The third-order valence-corrected chi connectivity index (χ3v) is 1.89. The minimum atomic E-state index is 0.0766. The van der Waals surface area contributed by atoms with Crippen LogP contribution in [0.25, 0.3) is 0 Å². The van der Waals surface area contributed by atoms with E-state index in [0.717, 1.165) is 6.42 Å². The second-order valence-electron chi connectivity index (χ2n) is 3.09. The number of hydrogen-bond donors (Lipinski definition) is 1. The molecule has 0 aliphatic carbocycles. The first-order valence-corrected chi connectivity index (χ1v) is 5.16. The minimum absolute atomic E-state index is 0.0766. The molecule has 0 aromatic heterocycles. The smallest absolute Gasteiger partial charge is 0.0262 e. The van der Waals surface area contributed by atoms with E-state index in [0.29, 0.717) is 0 Å². The average Bonchev–Trinajstić information content (AvgIpc) is 2.24. The van der Waals surface area contributed by atoms with Gasteiger partial charge in [-0.2, -0.15) is 0 Å². The van der Waals surface area contributed by atoms with Gasteiger partial charge in [-0.05, 0) is 18.9 Å². The molecule has 2 N–H and O–H groups in total. The maximum Gasteiger partial charge on any atom is 0.0262 e. The third kappa shape index (κ3) is 4.83. The molecule has 0 aliphatic rings. The molecule has 0 bridgehead atoms. The van der Waals surface area contributed by atoms with Crippen molar-refractivity contribution in [3.63, 3.8) is 0 Å². The summed E-state index contributed by atoms with van der Waals surface area (Å²) in [6.45, 7) is 9.73. The Kier molecular flexibility index (Phi) is 6.77. The lowest BCUT2D eigenvalue weighted by molar-refractivity contribution is 0.812. The van der Waals surface area contributed by atoms with Crippen molar-refractivity contribution < 1.29 is 0 Å². The van der Waals surface area contributed by atoms with Crippen molar-refractivity contribution in [2.24, 2.45) is 5.73 Å². The molecular formula is C13H21N. The van der Waals surface area contributed by atoms with E-state index in [1.165, 1.54) is 11.1 Å². The molecule has 0 aliphatic heterocycles. The van der Waals surface area contributed by atoms with Crippen LogP contribution in [0.3, 0.4) is 0 Å². The Morgan fingerprint density at radius 2 is 1.79 bits per heavy atom. The summed E-state index contributed by atoms with van der Waals surface area (Å²) in [5.74, 6) is 0. The number of rotatable bonds is 3. The van der Waals surface area contributed by atoms with Gasteiger partial charge in [0.05, 0.1) is 0 Å². The third-order valence-electron chi connectivity index (χ3n) is 1.89. The van der Waals surface area contributed by atoms with Crippen LogP contribution < -0.4 is 5.73 Å². The van der Waals surface area contributed by atoms with Crippen LogP contribution in [-0.2, 0) is 6.42 Å². The van der Waals surface area contributed by atoms with E-state index in [9.17, 15) is 0 Å². The molecule has 0 heterocycles. The Bertz CT molecular complexity index is 248. The predicted molar refractivity (Wildman–Crippen MR) is 64.4 cm³/mol. The summed E-state index contributed by atoms with van der Waals surface area (Å²) in [5.41, 5.74) is 8.28. The van der Waals surface area contributed by atoms with Crippen LogP contribution >= 0.6 is 0 Å². The highest BCUT2D eigenvalue weighted by atomic mass is 14.6. The van der Waals surface area contributed by atoms with E-state index < -0.39 is 0 Å². The van der Waals surface area contributed by atoms with Crippen molar-refractivity contribution in [1.29, 1.82) is 0 Å². The molecular weight excluding hydrogens is 170 g/mol. The molecule has 78 valence electrons. The van der Waals surface area contributed by atoms with Gasteiger partial charge in [0.25, 0.3) is 0 Å². The van der Waals surface area contributed by atoms with Gasteiger partial charge in [-0.25, -0.2) is 0 Å². The highest BCUT2D eigenvalue weighted by Crippen LogP contribution is 2.05. The van der Waals surface area contributed by atoms with Crippen molar-refractivity contribution in [3.05, 3.63) is 48.0 Å². The van der Waals surface area contributed by atoms with E-state index in [1.54, 1.807) is 6.08 Å². The first-order valence-electron chi connectivity index (χ1n) is 5.16. The Balaban J connectivity index is 0.000000791. The van der Waals surface area contributed by atoms with Crippen molar-refractivity contribution in [1.82, 2.24) is 0 Å². The average molecular weight is 191 g/mol. The quantitative estimate of drug-likeness (QED) is 0.730. The second kappa shape index (κ2) is 7.34. The van der Waals surface area contributed by atoms with E-state index in [1.807, 2.05) is 13.8 Å². The van der Waals surface area contributed by atoms with Gasteiger partial charge in [-0.3, -0.25) is 0 Å². The lowest BCUT2D eigenvalue weighted by Crippen LogP contribution is -2.19. The number of aryl methyl sites for hydroxylation is 1. The first kappa shape index (κ1) is 12.9. The van der Waals surface area contributed by atoms with Crippen LogP contribution in [0.1, 0.15) is 25.0 Å². The van der Waals surface area contributed by atoms with E-state index in [2.05, 4.69) is 37.8 Å². The van der Waals surface area contributed by atoms with Crippen LogP contribution in [-0.4, -0.2) is 6.04 Å². The zero-order chi connectivity index (χ0) is 11.0. The molecule has 0 saturated carbocycles. The maximum absolute atomic E-state index is 5.72. The highest BCUT2D eigenvalue weighted by molar-refractivity contribution is 5.22. The fourth-order valence-electron chi connectivity index (χ4n) is 1.08. The minimum Gasteiger partial charge on any atom is -0.324 e. The normalized spacial score (nSPS) is 11.1. The molecule has 0 amide bonds. The summed E-state index contributed by atoms with van der Waals surface area (Å²) in [4.78, 5) is 0. The van der Waals surface area contributed by atoms with Crippen molar-refractivity contribution >= 4 is 0 Å². The Hall–Kier alpha value is -1.08. The molecule has 14 heavy (non-hydrogen) atoms. The van der Waals surface area contributed by atoms with Crippen LogP contribution in [0.5, 0.6) is 0 Å². The van der Waals surface area contributed by atoms with Gasteiger partial charge < -0.3 is 5.73 Å². The van der Waals surface area contributed by atoms with Gasteiger partial charge in [0.1, 0.15) is 0 Å². The monoisotopic (exact) mass is 191 g/mol. The summed E-state index contributed by atoms with van der Waals surface area (Å²) in [6, 6.07) is 8.50. The molecule has 0 fully saturated rings. The van der Waals surface area contributed by atoms with Gasteiger partial charge >= 0.3 is 0 Å². The van der Waals surface area contributed by atoms with Crippen LogP contribution in [0, 0.1) is 6.92 Å². The van der Waals surface area contributed by atoms with E-state index >= 15 is 0 Å². The topological polar surface area (TPSA) is 26.0 Å². The summed E-state index contributed by atoms with van der Waals surface area (Å²) < 4.78 is 0. The van der Waals surface area contributed by atoms with Crippen LogP contribution in [0.4, 0.5) is 0 Å². The van der Waals surface area contributed by atoms with Crippen molar-refractivity contribution in [2.75, 3.05) is 0 Å². The van der Waals surface area contributed by atoms with Gasteiger partial charge in [0.2, 0.25) is 0 Å². The Labute approximate surface area is 87.6 Å². The molecule has 1 unspecified atom stereocenters. The molecule has 0 radical (unpaired) electrons. The second-order valence-corrected chi connectivity index (χ2v) is 3.09. The molecule has 1 rings (SSSR count). The van der Waals surface area contributed by atoms with Crippen LogP contribution in [0.15, 0.2) is 36.9 Å². The summed E-state index contributed by atoms with van der Waals surface area (Å²) in [5, 5.41) is 0. The zero-order valence-corrected chi connectivity index (χ0v) is 9.46. The lowest BCUT2D eigenvalue weighted by Gasteiger charge is -2.05. The zero-order valence-electron chi connectivity index (χ0n) is 9.46. The first-order chi connectivity index (χ1) is 6.72. The fraction of sp³-hybridized carbons (Fsp3) is 0.385. The molecule has 1 atom stereocenters. The van der Waals surface area contributed by atoms with Crippen LogP contribution in [0.2, 0.25) is 0 Å². The fourth-order valence-corrected chi connectivity index (χ4v) is 1.08. The molecule has 1 aromatic rings. The van der Waals surface area contributed by atoms with E-state index in [-0.39, 0.29) is 6.04 Å². The van der Waals surface area contributed by atoms with Gasteiger partial charge in [-0.15, -0.1) is 6.58 Å². The SMILES string of the molecule is C=CC(N)Cc1ccc(C)cc1.CC. The Morgan fingerprint density at radius 3 is 2.21 bits per heavy atom. The molecule has 1 aromatic carbocycles. The molecule has 0 saturated heterocycles. The molecule has 1 nitrogen and oxygen atoms in total. The standard InChI is InChI=1S/C11H15N.C2H6/c1-3-11(12)8-10-6-4-9(2)5-7-10;1-2/h3-7,11H,1,8,12H2,2H3;1-2H3. The predicted octanol–water partition coefficient (Wildman–Crippen LogP) is 3.08. The molecule has 1 heteroatoms. The summed E-state index contributed by atoms with van der Waals surface area (Å²) >= 11 is 0.